The molecule has 4 aliphatic rings. The maximum atomic E-state index is 13.0. The molecule has 1 atom stereocenters. The van der Waals surface area contributed by atoms with Crippen LogP contribution in [0.4, 0.5) is 0 Å². The average Bonchev–Trinajstić information content (AvgIpc) is 2.86. The molecule has 4 saturated carbocycles. The van der Waals surface area contributed by atoms with Gasteiger partial charge in [0.15, 0.2) is 12.4 Å². The third-order valence-corrected chi connectivity index (χ3v) is 8.10. The van der Waals surface area contributed by atoms with Crippen LogP contribution in [0.3, 0.4) is 0 Å². The van der Waals surface area contributed by atoms with Crippen LogP contribution in [0.2, 0.25) is 0 Å². The molecule has 7 heteroatoms. The number of aromatic carboxylic acids is 1. The van der Waals surface area contributed by atoms with E-state index in [1.54, 1.807) is 25.3 Å². The second-order valence-corrected chi connectivity index (χ2v) is 10.5. The second-order valence-electron chi connectivity index (χ2n) is 10.5. The van der Waals surface area contributed by atoms with Crippen molar-refractivity contribution in [3.8, 4) is 11.5 Å². The zero-order valence-electron chi connectivity index (χ0n) is 20.9. The van der Waals surface area contributed by atoms with Crippen molar-refractivity contribution in [2.24, 2.45) is 17.8 Å². The number of carboxylic acid groups (broad SMARTS) is 1. The molecule has 4 bridgehead atoms. The second kappa shape index (κ2) is 10.2. The van der Waals surface area contributed by atoms with Crippen LogP contribution < -0.4 is 9.47 Å². The molecule has 36 heavy (non-hydrogen) atoms. The summed E-state index contributed by atoms with van der Waals surface area (Å²) in [6, 6.07) is 11.7. The molecule has 2 aromatic carbocycles. The lowest BCUT2D eigenvalue weighted by molar-refractivity contribution is -0.231. The third kappa shape index (κ3) is 5.00. The highest BCUT2D eigenvalue weighted by Crippen LogP contribution is 2.62. The number of hydrogen-bond acceptors (Lipinski definition) is 6. The van der Waals surface area contributed by atoms with Gasteiger partial charge in [-0.1, -0.05) is 12.1 Å². The van der Waals surface area contributed by atoms with Crippen LogP contribution in [0.25, 0.3) is 0 Å². The van der Waals surface area contributed by atoms with E-state index in [0.717, 1.165) is 23.3 Å². The number of benzene rings is 2. The van der Waals surface area contributed by atoms with E-state index in [0.29, 0.717) is 23.7 Å². The minimum atomic E-state index is -1.01. The molecule has 0 radical (unpaired) electrons. The number of Topliss-reactive ketones (excluding diaryl/α,β-unsaturated/α-hetero) is 1. The summed E-state index contributed by atoms with van der Waals surface area (Å²) in [5.41, 5.74) is 1.90. The first kappa shape index (κ1) is 24.8. The summed E-state index contributed by atoms with van der Waals surface area (Å²) in [4.78, 5) is 24.1. The summed E-state index contributed by atoms with van der Waals surface area (Å²) in [7, 11) is 1.54. The molecule has 192 valence electrons. The Morgan fingerprint density at radius 1 is 0.972 bits per heavy atom. The molecule has 4 fully saturated rings. The molecule has 2 aromatic rings. The van der Waals surface area contributed by atoms with E-state index in [1.807, 2.05) is 13.0 Å². The standard InChI is InChI=1S/C29H34O7/c1-3-34-28(33-2)36-26-13-22(25(30)17-35-23-7-4-21(5-8-23)27(31)32)6-9-24(26)29-14-18-10-19(15-29)12-20(11-18)16-29/h4-9,13,18-20,28H,3,10-12,14-17H2,1-2H3,(H,31,32). The van der Waals surface area contributed by atoms with Crippen LogP contribution in [0.15, 0.2) is 42.5 Å². The molecule has 0 saturated heterocycles. The number of methoxy groups -OCH3 is 1. The van der Waals surface area contributed by atoms with Gasteiger partial charge in [0.2, 0.25) is 0 Å². The summed E-state index contributed by atoms with van der Waals surface area (Å²) < 4.78 is 22.9. The fraction of sp³-hybridized carbons (Fsp3) is 0.517. The summed E-state index contributed by atoms with van der Waals surface area (Å²) in [6.45, 7) is 1.31. The van der Waals surface area contributed by atoms with Gasteiger partial charge in [-0.3, -0.25) is 4.79 Å². The highest BCUT2D eigenvalue weighted by Gasteiger charge is 2.52. The molecule has 1 unspecified atom stereocenters. The Kier molecular flexibility index (Phi) is 7.04. The van der Waals surface area contributed by atoms with Crippen molar-refractivity contribution in [2.75, 3.05) is 20.3 Å². The normalized spacial score (nSPS) is 27.0. The van der Waals surface area contributed by atoms with Crippen molar-refractivity contribution < 1.29 is 33.6 Å². The average molecular weight is 495 g/mol. The zero-order valence-corrected chi connectivity index (χ0v) is 20.9. The van der Waals surface area contributed by atoms with E-state index in [2.05, 4.69) is 6.07 Å². The molecule has 6 rings (SSSR count). The fourth-order valence-electron chi connectivity index (χ4n) is 6.99. The first-order valence-electron chi connectivity index (χ1n) is 12.8. The summed E-state index contributed by atoms with van der Waals surface area (Å²) in [5, 5.41) is 9.05. The van der Waals surface area contributed by atoms with Gasteiger partial charge >= 0.3 is 12.4 Å². The first-order valence-corrected chi connectivity index (χ1v) is 12.8. The van der Waals surface area contributed by atoms with Crippen LogP contribution in [0, 0.1) is 17.8 Å². The number of carbonyl (C=O) groups is 2. The number of ether oxygens (including phenoxy) is 4. The maximum absolute atomic E-state index is 13.0. The van der Waals surface area contributed by atoms with E-state index < -0.39 is 12.4 Å². The smallest absolute Gasteiger partial charge is 0.335 e. The van der Waals surface area contributed by atoms with Crippen LogP contribution in [-0.2, 0) is 14.9 Å². The van der Waals surface area contributed by atoms with E-state index in [1.165, 1.54) is 50.7 Å². The van der Waals surface area contributed by atoms with Gasteiger partial charge in [-0.05, 0) is 98.9 Å². The Morgan fingerprint density at radius 2 is 1.58 bits per heavy atom. The van der Waals surface area contributed by atoms with Crippen molar-refractivity contribution in [1.82, 2.24) is 0 Å². The van der Waals surface area contributed by atoms with Crippen LogP contribution in [0.5, 0.6) is 11.5 Å². The van der Waals surface area contributed by atoms with Crippen LogP contribution in [-0.4, -0.2) is 43.7 Å². The molecular formula is C29H34O7. The topological polar surface area (TPSA) is 91.3 Å². The molecular weight excluding hydrogens is 460 g/mol. The minimum Gasteiger partial charge on any atom is -0.485 e. The molecule has 1 N–H and O–H groups in total. The molecule has 0 aromatic heterocycles. The number of carboxylic acids is 1. The molecule has 0 aliphatic heterocycles. The van der Waals surface area contributed by atoms with Crippen molar-refractivity contribution in [3.05, 3.63) is 59.2 Å². The maximum Gasteiger partial charge on any atom is 0.335 e. The lowest BCUT2D eigenvalue weighted by atomic mass is 9.48. The van der Waals surface area contributed by atoms with Gasteiger partial charge in [-0.25, -0.2) is 4.79 Å². The van der Waals surface area contributed by atoms with E-state index in [-0.39, 0.29) is 23.4 Å². The third-order valence-electron chi connectivity index (χ3n) is 8.10. The van der Waals surface area contributed by atoms with E-state index >= 15 is 0 Å². The van der Waals surface area contributed by atoms with Crippen LogP contribution in [0.1, 0.15) is 71.7 Å². The van der Waals surface area contributed by atoms with Crippen molar-refractivity contribution in [3.63, 3.8) is 0 Å². The van der Waals surface area contributed by atoms with Gasteiger partial charge in [-0.15, -0.1) is 0 Å². The molecule has 7 nitrogen and oxygen atoms in total. The summed E-state index contributed by atoms with van der Waals surface area (Å²) >= 11 is 0. The van der Waals surface area contributed by atoms with Crippen molar-refractivity contribution in [2.45, 2.75) is 57.3 Å². The molecule has 0 amide bonds. The Bertz CT molecular complexity index is 1070. The quantitative estimate of drug-likeness (QED) is 0.328. The predicted octanol–water partition coefficient (Wildman–Crippen LogP) is 5.46. The Labute approximate surface area is 211 Å². The molecule has 0 heterocycles. The number of hydrogen-bond donors (Lipinski definition) is 1. The lowest BCUT2D eigenvalue weighted by Crippen LogP contribution is -2.48. The largest absolute Gasteiger partial charge is 0.485 e. The Hall–Kier alpha value is -2.90. The molecule has 4 aliphatic carbocycles. The summed E-state index contributed by atoms with van der Waals surface area (Å²) in [5.74, 6) is 2.21. The van der Waals surface area contributed by atoms with Gasteiger partial charge in [0.25, 0.3) is 0 Å². The number of carbonyl (C=O) groups excluding carboxylic acids is 1. The van der Waals surface area contributed by atoms with Gasteiger partial charge < -0.3 is 24.1 Å². The monoisotopic (exact) mass is 494 g/mol. The highest BCUT2D eigenvalue weighted by molar-refractivity contribution is 5.97. The minimum absolute atomic E-state index is 0.0819. The zero-order chi connectivity index (χ0) is 25.3. The van der Waals surface area contributed by atoms with Gasteiger partial charge in [0, 0.05) is 18.2 Å². The van der Waals surface area contributed by atoms with Gasteiger partial charge in [0.05, 0.1) is 12.2 Å². The number of rotatable bonds is 11. The van der Waals surface area contributed by atoms with E-state index in [9.17, 15) is 9.59 Å². The van der Waals surface area contributed by atoms with Crippen LogP contribution >= 0.6 is 0 Å². The highest BCUT2D eigenvalue weighted by atomic mass is 16.8. The SMILES string of the molecule is CCOC(OC)Oc1cc(C(=O)COc2ccc(C(=O)O)cc2)ccc1C12CC3CC(CC(C3)C1)C2. The van der Waals surface area contributed by atoms with E-state index in [4.69, 9.17) is 24.1 Å². The predicted molar refractivity (Wildman–Crippen MR) is 133 cm³/mol. The Morgan fingerprint density at radius 3 is 2.14 bits per heavy atom. The summed E-state index contributed by atoms with van der Waals surface area (Å²) in [6.07, 6.45) is 7.54. The Balaban J connectivity index is 1.38. The van der Waals surface area contributed by atoms with Gasteiger partial charge in [0.1, 0.15) is 11.5 Å². The van der Waals surface area contributed by atoms with Gasteiger partial charge in [-0.2, -0.15) is 0 Å². The lowest BCUT2D eigenvalue weighted by Gasteiger charge is -2.57. The number of ketones is 1. The van der Waals surface area contributed by atoms with Crippen molar-refractivity contribution >= 4 is 11.8 Å². The molecule has 0 spiro atoms. The fourth-order valence-corrected chi connectivity index (χ4v) is 6.99. The van der Waals surface area contributed by atoms with Crippen molar-refractivity contribution in [1.29, 1.82) is 0 Å². The first-order chi connectivity index (χ1) is 17.4.